The van der Waals surface area contributed by atoms with Gasteiger partial charge in [-0.3, -0.25) is 4.79 Å². The normalized spacial score (nSPS) is 11.0. The SMILES string of the molecule is O=C(c1ccc2nc(Nc3cccnc3Oc3ccccc3I)sc2c1)C(Br)Br. The molecule has 1 N–H and O–H groups in total. The van der Waals surface area contributed by atoms with Crippen molar-refractivity contribution in [1.82, 2.24) is 9.97 Å². The predicted octanol–water partition coefficient (Wildman–Crippen LogP) is 7.13. The van der Waals surface area contributed by atoms with Gasteiger partial charge in [0, 0.05) is 11.8 Å². The van der Waals surface area contributed by atoms with E-state index in [0.29, 0.717) is 22.3 Å². The first-order valence-corrected chi connectivity index (χ1v) is 12.1. The maximum absolute atomic E-state index is 12.2. The van der Waals surface area contributed by atoms with Crippen molar-refractivity contribution in [3.63, 3.8) is 0 Å². The Morgan fingerprint density at radius 1 is 1.14 bits per heavy atom. The fourth-order valence-electron chi connectivity index (χ4n) is 2.57. The summed E-state index contributed by atoms with van der Waals surface area (Å²) >= 11 is 10.2. The van der Waals surface area contributed by atoms with Crippen LogP contribution in [-0.4, -0.2) is 19.5 Å². The van der Waals surface area contributed by atoms with Gasteiger partial charge in [-0.05, 0) is 65.1 Å². The number of ether oxygens (including phenoxy) is 1. The molecule has 2 aromatic heterocycles. The van der Waals surface area contributed by atoms with Gasteiger partial charge in [-0.1, -0.05) is 55.3 Å². The van der Waals surface area contributed by atoms with Crippen LogP contribution in [0.3, 0.4) is 0 Å². The first kappa shape index (κ1) is 20.7. The lowest BCUT2D eigenvalue weighted by Gasteiger charge is -2.11. The van der Waals surface area contributed by atoms with E-state index in [0.717, 1.165) is 19.5 Å². The molecule has 0 aliphatic rings. The third-order valence-corrected chi connectivity index (χ3v) is 6.58. The van der Waals surface area contributed by atoms with Gasteiger partial charge in [0.05, 0.1) is 13.8 Å². The zero-order valence-corrected chi connectivity index (χ0v) is 20.7. The third kappa shape index (κ3) is 4.79. The van der Waals surface area contributed by atoms with Crippen LogP contribution in [0.4, 0.5) is 10.8 Å². The van der Waals surface area contributed by atoms with Crippen molar-refractivity contribution in [2.24, 2.45) is 0 Å². The number of alkyl halides is 2. The number of rotatable bonds is 6. The minimum absolute atomic E-state index is 0.0322. The van der Waals surface area contributed by atoms with Crippen LogP contribution in [0, 0.1) is 3.57 Å². The first-order chi connectivity index (χ1) is 14.0. The molecule has 4 aromatic rings. The van der Waals surface area contributed by atoms with Crippen LogP contribution < -0.4 is 10.1 Å². The second-order valence-electron chi connectivity index (χ2n) is 5.88. The van der Waals surface area contributed by atoms with Gasteiger partial charge >= 0.3 is 0 Å². The monoisotopic (exact) mass is 643 g/mol. The highest BCUT2D eigenvalue weighted by Gasteiger charge is 2.16. The zero-order valence-electron chi connectivity index (χ0n) is 14.6. The van der Waals surface area contributed by atoms with Crippen LogP contribution in [0.5, 0.6) is 11.6 Å². The van der Waals surface area contributed by atoms with E-state index in [9.17, 15) is 4.79 Å². The Labute approximate surface area is 201 Å². The van der Waals surface area contributed by atoms with Crippen LogP contribution in [-0.2, 0) is 0 Å². The molecule has 9 heteroatoms. The number of para-hydroxylation sites is 1. The van der Waals surface area contributed by atoms with Crippen molar-refractivity contribution in [2.75, 3.05) is 5.32 Å². The molecular weight excluding hydrogens is 633 g/mol. The standard InChI is InChI=1S/C20H12Br2IN3O2S/c21-18(22)17(27)11-7-8-13-16(10-11)29-20(25-13)26-14-5-3-9-24-19(14)28-15-6-2-1-4-12(15)23/h1-10,18H,(H,25,26). The van der Waals surface area contributed by atoms with Gasteiger partial charge < -0.3 is 10.1 Å². The average molecular weight is 645 g/mol. The summed E-state index contributed by atoms with van der Waals surface area (Å²) in [5.74, 6) is 1.17. The number of nitrogens with one attached hydrogen (secondary N) is 1. The molecule has 0 saturated carbocycles. The number of thiazole rings is 1. The summed E-state index contributed by atoms with van der Waals surface area (Å²) in [6, 6.07) is 17.0. The van der Waals surface area contributed by atoms with Crippen molar-refractivity contribution in [3.8, 4) is 11.6 Å². The number of pyridine rings is 1. The molecule has 0 aliphatic heterocycles. The van der Waals surface area contributed by atoms with Gasteiger partial charge in [0.15, 0.2) is 10.9 Å². The largest absolute Gasteiger partial charge is 0.436 e. The highest BCUT2D eigenvalue weighted by Crippen LogP contribution is 2.34. The Balaban J connectivity index is 1.62. The minimum atomic E-state index is -0.408. The Morgan fingerprint density at radius 2 is 1.97 bits per heavy atom. The number of fused-ring (bicyclic) bond motifs is 1. The highest BCUT2D eigenvalue weighted by molar-refractivity contribution is 14.1. The molecule has 0 aliphatic carbocycles. The summed E-state index contributed by atoms with van der Waals surface area (Å²) < 4.78 is 7.51. The maximum Gasteiger partial charge on any atom is 0.243 e. The Hall–Kier alpha value is -1.56. The summed E-state index contributed by atoms with van der Waals surface area (Å²) in [5, 5.41) is 3.98. The molecule has 0 bridgehead atoms. The lowest BCUT2D eigenvalue weighted by atomic mass is 10.1. The predicted molar refractivity (Wildman–Crippen MR) is 132 cm³/mol. The van der Waals surface area contributed by atoms with Crippen molar-refractivity contribution in [2.45, 2.75) is 3.74 Å². The van der Waals surface area contributed by atoms with E-state index in [1.807, 2.05) is 48.5 Å². The number of nitrogens with zero attached hydrogens (tertiary/aromatic N) is 2. The van der Waals surface area contributed by atoms with Crippen molar-refractivity contribution < 1.29 is 9.53 Å². The van der Waals surface area contributed by atoms with E-state index in [2.05, 4.69) is 69.7 Å². The van der Waals surface area contributed by atoms with E-state index in [-0.39, 0.29) is 5.78 Å². The topological polar surface area (TPSA) is 64.1 Å². The number of aromatic nitrogens is 2. The molecular formula is C20H12Br2IN3O2S. The molecule has 0 saturated heterocycles. The van der Waals surface area contributed by atoms with E-state index in [1.165, 1.54) is 11.3 Å². The Morgan fingerprint density at radius 3 is 2.76 bits per heavy atom. The van der Waals surface area contributed by atoms with Crippen molar-refractivity contribution >= 4 is 92.6 Å². The fourth-order valence-corrected chi connectivity index (χ4v) is 4.52. The molecule has 0 atom stereocenters. The number of halogens is 3. The fraction of sp³-hybridized carbons (Fsp3) is 0.0500. The van der Waals surface area contributed by atoms with E-state index in [4.69, 9.17) is 4.74 Å². The number of carbonyl (C=O) groups is 1. The van der Waals surface area contributed by atoms with Crippen molar-refractivity contribution in [1.29, 1.82) is 0 Å². The smallest absolute Gasteiger partial charge is 0.243 e. The second-order valence-corrected chi connectivity index (χ2v) is 11.1. The minimum Gasteiger partial charge on any atom is -0.436 e. The highest BCUT2D eigenvalue weighted by atomic mass is 127. The molecule has 2 aromatic carbocycles. The third-order valence-electron chi connectivity index (χ3n) is 3.93. The summed E-state index contributed by atoms with van der Waals surface area (Å²) in [5.41, 5.74) is 2.15. The molecule has 0 amide bonds. The summed E-state index contributed by atoms with van der Waals surface area (Å²) in [6.45, 7) is 0. The first-order valence-electron chi connectivity index (χ1n) is 8.38. The number of Topliss-reactive ketones (excluding diaryl/α,β-unsaturated/α-hetero) is 1. The number of hydrogen-bond acceptors (Lipinski definition) is 6. The average Bonchev–Trinajstić information content (AvgIpc) is 3.12. The number of carbonyl (C=O) groups excluding carboxylic acids is 1. The Bertz CT molecular complexity index is 1200. The maximum atomic E-state index is 12.2. The molecule has 0 spiro atoms. The summed E-state index contributed by atoms with van der Waals surface area (Å²) in [7, 11) is 0. The molecule has 29 heavy (non-hydrogen) atoms. The number of anilines is 2. The second kappa shape index (κ2) is 9.07. The van der Waals surface area contributed by atoms with Gasteiger partial charge in [-0.15, -0.1) is 0 Å². The lowest BCUT2D eigenvalue weighted by Crippen LogP contribution is -2.06. The van der Waals surface area contributed by atoms with Gasteiger partial charge in [-0.2, -0.15) is 0 Å². The van der Waals surface area contributed by atoms with Gasteiger partial charge in [0.1, 0.15) is 15.2 Å². The van der Waals surface area contributed by atoms with E-state index < -0.39 is 3.74 Å². The van der Waals surface area contributed by atoms with Crippen LogP contribution in [0.15, 0.2) is 60.8 Å². The molecule has 0 fully saturated rings. The molecule has 0 unspecified atom stereocenters. The van der Waals surface area contributed by atoms with Gasteiger partial charge in [0.25, 0.3) is 0 Å². The molecule has 2 heterocycles. The lowest BCUT2D eigenvalue weighted by molar-refractivity contribution is 0.101. The van der Waals surface area contributed by atoms with Crippen LogP contribution >= 0.6 is 65.8 Å². The molecule has 4 rings (SSSR count). The molecule has 5 nitrogen and oxygen atoms in total. The van der Waals surface area contributed by atoms with Crippen LogP contribution in [0.1, 0.15) is 10.4 Å². The van der Waals surface area contributed by atoms with Crippen LogP contribution in [0.25, 0.3) is 10.2 Å². The molecule has 0 radical (unpaired) electrons. The molecule has 146 valence electrons. The van der Waals surface area contributed by atoms with Crippen molar-refractivity contribution in [3.05, 3.63) is 69.9 Å². The van der Waals surface area contributed by atoms with Gasteiger partial charge in [-0.25, -0.2) is 9.97 Å². The number of hydrogen-bond donors (Lipinski definition) is 1. The quantitative estimate of drug-likeness (QED) is 0.137. The zero-order chi connectivity index (χ0) is 20.4. The van der Waals surface area contributed by atoms with E-state index in [1.54, 1.807) is 12.3 Å². The van der Waals surface area contributed by atoms with Crippen LogP contribution in [0.2, 0.25) is 0 Å². The number of benzene rings is 2. The van der Waals surface area contributed by atoms with Gasteiger partial charge in [0.2, 0.25) is 5.88 Å². The Kier molecular flexibility index (Phi) is 6.47. The number of ketones is 1. The van der Waals surface area contributed by atoms with E-state index >= 15 is 0 Å². The summed E-state index contributed by atoms with van der Waals surface area (Å²) in [6.07, 6.45) is 1.68. The summed E-state index contributed by atoms with van der Waals surface area (Å²) in [4.78, 5) is 21.1.